The average molecular weight is 270 g/mol. The fraction of sp³-hybridized carbons (Fsp3) is 0.929. The van der Waals surface area contributed by atoms with Crippen molar-refractivity contribution in [3.63, 3.8) is 0 Å². The summed E-state index contributed by atoms with van der Waals surface area (Å²) < 4.78 is 0. The first-order valence-corrected chi connectivity index (χ1v) is 7.29. The average Bonchev–Trinajstić information content (AvgIpc) is 2.32. The predicted molar refractivity (Wildman–Crippen MR) is 79.0 cm³/mol. The van der Waals surface area contributed by atoms with Crippen LogP contribution in [0.15, 0.2) is 0 Å². The number of primary amides is 1. The maximum absolute atomic E-state index is 11.7. The largest absolute Gasteiger partial charge is 0.368 e. The van der Waals surface area contributed by atoms with Crippen molar-refractivity contribution in [1.82, 2.24) is 15.1 Å². The molecule has 19 heavy (non-hydrogen) atoms. The van der Waals surface area contributed by atoms with Crippen LogP contribution in [0.25, 0.3) is 0 Å². The van der Waals surface area contributed by atoms with Crippen LogP contribution in [0.3, 0.4) is 0 Å². The van der Waals surface area contributed by atoms with Crippen LogP contribution in [0.1, 0.15) is 34.1 Å². The van der Waals surface area contributed by atoms with Crippen molar-refractivity contribution in [3.05, 3.63) is 0 Å². The Morgan fingerprint density at radius 2 is 2.16 bits per heavy atom. The minimum absolute atomic E-state index is 0.261. The smallest absolute Gasteiger partial charge is 0.237 e. The Morgan fingerprint density at radius 1 is 1.53 bits per heavy atom. The molecule has 1 rings (SSSR count). The fourth-order valence-corrected chi connectivity index (χ4v) is 2.85. The summed E-state index contributed by atoms with van der Waals surface area (Å²) in [5, 5.41) is 3.24. The molecule has 0 aromatic heterocycles. The van der Waals surface area contributed by atoms with Crippen molar-refractivity contribution in [1.29, 1.82) is 0 Å². The van der Waals surface area contributed by atoms with E-state index < -0.39 is 5.54 Å². The van der Waals surface area contributed by atoms with E-state index in [0.29, 0.717) is 12.1 Å². The second-order valence-electron chi connectivity index (χ2n) is 6.10. The zero-order valence-electron chi connectivity index (χ0n) is 13.1. The van der Waals surface area contributed by atoms with Crippen LogP contribution in [-0.4, -0.2) is 66.6 Å². The lowest BCUT2D eigenvalue weighted by molar-refractivity contribution is -0.124. The molecule has 3 unspecified atom stereocenters. The number of hydrogen-bond donors (Lipinski definition) is 2. The van der Waals surface area contributed by atoms with Gasteiger partial charge in [0, 0.05) is 31.7 Å². The molecule has 3 N–H and O–H groups in total. The van der Waals surface area contributed by atoms with Gasteiger partial charge in [-0.15, -0.1) is 0 Å². The number of hydrogen-bond acceptors (Lipinski definition) is 4. The molecule has 0 bridgehead atoms. The van der Waals surface area contributed by atoms with Gasteiger partial charge in [0.25, 0.3) is 0 Å². The lowest BCUT2D eigenvalue weighted by Gasteiger charge is -2.42. The minimum Gasteiger partial charge on any atom is -0.368 e. The van der Waals surface area contributed by atoms with Gasteiger partial charge in [-0.1, -0.05) is 6.92 Å². The van der Waals surface area contributed by atoms with Crippen molar-refractivity contribution in [3.8, 4) is 0 Å². The number of nitrogens with two attached hydrogens (primary N) is 1. The number of nitrogens with one attached hydrogen (secondary N) is 1. The Labute approximate surface area is 117 Å². The quantitative estimate of drug-likeness (QED) is 0.726. The number of piperazine rings is 1. The zero-order chi connectivity index (χ0) is 14.6. The summed E-state index contributed by atoms with van der Waals surface area (Å²) >= 11 is 0. The van der Waals surface area contributed by atoms with Crippen molar-refractivity contribution in [2.45, 2.75) is 51.7 Å². The summed E-state index contributed by atoms with van der Waals surface area (Å²) in [5.41, 5.74) is 4.95. The van der Waals surface area contributed by atoms with Gasteiger partial charge >= 0.3 is 0 Å². The number of amides is 1. The van der Waals surface area contributed by atoms with Gasteiger partial charge in [0.05, 0.1) is 5.54 Å². The molecule has 5 nitrogen and oxygen atoms in total. The Hall–Kier alpha value is -0.650. The van der Waals surface area contributed by atoms with E-state index in [9.17, 15) is 4.79 Å². The molecular weight excluding hydrogens is 240 g/mol. The van der Waals surface area contributed by atoms with Crippen LogP contribution in [0, 0.1) is 0 Å². The molecule has 0 saturated carbocycles. The van der Waals surface area contributed by atoms with E-state index in [4.69, 9.17) is 5.73 Å². The van der Waals surface area contributed by atoms with Crippen LogP contribution >= 0.6 is 0 Å². The highest BCUT2D eigenvalue weighted by Gasteiger charge is 2.34. The number of likely N-dealkylation sites (N-methyl/N-ethyl adjacent to an activating group) is 2. The standard InChI is InChI=1S/C14H30N4O/c1-6-16-14(4,13(15)19)9-11(2)18-8-7-17(5)12(3)10-18/h11-12,16H,6-10H2,1-5H3,(H2,15,19). The summed E-state index contributed by atoms with van der Waals surface area (Å²) in [6, 6.07) is 0.919. The third-order valence-electron chi connectivity index (χ3n) is 4.43. The second-order valence-corrected chi connectivity index (χ2v) is 6.10. The molecule has 0 aromatic carbocycles. The third-order valence-corrected chi connectivity index (χ3v) is 4.43. The van der Waals surface area contributed by atoms with Crippen molar-refractivity contribution in [2.75, 3.05) is 33.2 Å². The summed E-state index contributed by atoms with van der Waals surface area (Å²) in [6.07, 6.45) is 0.757. The normalized spacial score (nSPS) is 26.9. The monoisotopic (exact) mass is 270 g/mol. The summed E-state index contributed by atoms with van der Waals surface area (Å²) in [6.45, 7) is 12.3. The number of carbonyl (C=O) groups is 1. The molecule has 0 radical (unpaired) electrons. The second kappa shape index (κ2) is 6.68. The van der Waals surface area contributed by atoms with Gasteiger partial charge in [-0.25, -0.2) is 0 Å². The first-order chi connectivity index (χ1) is 8.80. The molecule has 1 aliphatic rings. The Bertz CT molecular complexity index is 310. The summed E-state index contributed by atoms with van der Waals surface area (Å²) in [5.74, 6) is -0.261. The summed E-state index contributed by atoms with van der Waals surface area (Å²) in [7, 11) is 2.17. The Balaban J connectivity index is 2.62. The van der Waals surface area contributed by atoms with Crippen molar-refractivity contribution >= 4 is 5.91 Å². The van der Waals surface area contributed by atoms with Crippen LogP contribution < -0.4 is 11.1 Å². The molecular formula is C14H30N4O. The van der Waals surface area contributed by atoms with Gasteiger partial charge in [-0.05, 0) is 40.8 Å². The highest BCUT2D eigenvalue weighted by atomic mass is 16.1. The van der Waals surface area contributed by atoms with Crippen molar-refractivity contribution in [2.24, 2.45) is 5.73 Å². The van der Waals surface area contributed by atoms with Crippen LogP contribution in [0.4, 0.5) is 0 Å². The Morgan fingerprint density at radius 3 is 2.63 bits per heavy atom. The lowest BCUT2D eigenvalue weighted by Crippen LogP contribution is -2.59. The molecule has 0 aliphatic carbocycles. The third kappa shape index (κ3) is 4.16. The highest BCUT2D eigenvalue weighted by molar-refractivity contribution is 5.84. The first-order valence-electron chi connectivity index (χ1n) is 7.29. The topological polar surface area (TPSA) is 61.6 Å². The van der Waals surface area contributed by atoms with Gasteiger partial charge in [-0.3, -0.25) is 9.69 Å². The van der Waals surface area contributed by atoms with Gasteiger partial charge in [0.2, 0.25) is 5.91 Å². The SMILES string of the molecule is CCNC(C)(CC(C)N1CCN(C)C(C)C1)C(N)=O. The zero-order valence-corrected chi connectivity index (χ0v) is 13.1. The van der Waals surface area contributed by atoms with Crippen LogP contribution in [0.2, 0.25) is 0 Å². The van der Waals surface area contributed by atoms with E-state index >= 15 is 0 Å². The summed E-state index contributed by atoms with van der Waals surface area (Å²) in [4.78, 5) is 16.5. The molecule has 3 atom stereocenters. The van der Waals surface area contributed by atoms with Gasteiger partial charge in [0.1, 0.15) is 0 Å². The van der Waals surface area contributed by atoms with Crippen LogP contribution in [-0.2, 0) is 4.79 Å². The van der Waals surface area contributed by atoms with Gasteiger partial charge in [-0.2, -0.15) is 0 Å². The minimum atomic E-state index is -0.610. The van der Waals surface area contributed by atoms with Crippen molar-refractivity contribution < 1.29 is 4.79 Å². The molecule has 1 saturated heterocycles. The molecule has 0 spiro atoms. The predicted octanol–water partition coefficient (Wildman–Crippen LogP) is 0.254. The lowest BCUT2D eigenvalue weighted by atomic mass is 9.91. The molecule has 0 aromatic rings. The maximum Gasteiger partial charge on any atom is 0.237 e. The first kappa shape index (κ1) is 16.4. The fourth-order valence-electron chi connectivity index (χ4n) is 2.85. The number of carbonyl (C=O) groups excluding carboxylic acids is 1. The number of nitrogens with zero attached hydrogens (tertiary/aromatic N) is 2. The molecule has 112 valence electrons. The van der Waals surface area contributed by atoms with E-state index in [1.165, 1.54) is 0 Å². The maximum atomic E-state index is 11.7. The molecule has 1 amide bonds. The van der Waals surface area contributed by atoms with Gasteiger partial charge in [0.15, 0.2) is 0 Å². The van der Waals surface area contributed by atoms with E-state index in [0.717, 1.165) is 32.6 Å². The molecule has 1 heterocycles. The number of rotatable bonds is 6. The molecule has 1 fully saturated rings. The van der Waals surface area contributed by atoms with Gasteiger partial charge < -0.3 is 16.0 Å². The van der Waals surface area contributed by atoms with E-state index in [-0.39, 0.29) is 5.91 Å². The van der Waals surface area contributed by atoms with E-state index in [1.807, 2.05) is 13.8 Å². The Kier molecular flexibility index (Phi) is 5.77. The van der Waals surface area contributed by atoms with E-state index in [2.05, 4.69) is 36.0 Å². The molecule has 1 aliphatic heterocycles. The molecule has 5 heteroatoms. The van der Waals surface area contributed by atoms with E-state index in [1.54, 1.807) is 0 Å². The highest BCUT2D eigenvalue weighted by Crippen LogP contribution is 2.19. The van der Waals surface area contributed by atoms with Crippen LogP contribution in [0.5, 0.6) is 0 Å².